The number of ether oxygens (including phenoxy) is 1. The number of aromatic nitrogens is 1. The van der Waals surface area contributed by atoms with Crippen molar-refractivity contribution in [1.29, 1.82) is 0 Å². The number of methoxy groups -OCH3 is 1. The van der Waals surface area contributed by atoms with Crippen molar-refractivity contribution in [3.63, 3.8) is 0 Å². The average Bonchev–Trinajstić information content (AvgIpc) is 2.81. The van der Waals surface area contributed by atoms with Crippen molar-refractivity contribution in [3.8, 4) is 0 Å². The number of fused-ring (bicyclic) bond motifs is 1. The highest BCUT2D eigenvalue weighted by Crippen LogP contribution is 2.32. The molecule has 1 aromatic rings. The molecule has 2 rings (SSSR count). The molecular formula is C11H16N2O5. The Bertz CT molecular complexity index is 458. The first-order valence-corrected chi connectivity index (χ1v) is 5.54. The second kappa shape index (κ2) is 4.69. The van der Waals surface area contributed by atoms with E-state index in [9.17, 15) is 20.1 Å². The first-order valence-electron chi connectivity index (χ1n) is 5.54. The molecule has 0 radical (unpaired) electrons. The summed E-state index contributed by atoms with van der Waals surface area (Å²) in [5.41, 5.74) is 6.53. The molecule has 18 heavy (non-hydrogen) atoms. The third-order valence-corrected chi connectivity index (χ3v) is 3.30. The Kier molecular flexibility index (Phi) is 3.40. The molecule has 5 N–H and O–H groups in total. The van der Waals surface area contributed by atoms with Crippen LogP contribution in [0.1, 0.15) is 28.1 Å². The molecule has 4 atom stereocenters. The van der Waals surface area contributed by atoms with Gasteiger partial charge >= 0.3 is 5.97 Å². The zero-order chi connectivity index (χ0) is 13.4. The van der Waals surface area contributed by atoms with Gasteiger partial charge in [-0.05, 0) is 6.07 Å². The molecule has 0 amide bonds. The van der Waals surface area contributed by atoms with Crippen LogP contribution in [0.15, 0.2) is 12.3 Å². The third kappa shape index (κ3) is 1.81. The van der Waals surface area contributed by atoms with Crippen LogP contribution >= 0.6 is 0 Å². The molecule has 100 valence electrons. The van der Waals surface area contributed by atoms with Crippen molar-refractivity contribution in [2.24, 2.45) is 5.73 Å². The predicted octanol–water partition coefficient (Wildman–Crippen LogP) is -1.46. The highest BCUT2D eigenvalue weighted by molar-refractivity contribution is 5.89. The molecule has 2 heterocycles. The van der Waals surface area contributed by atoms with E-state index >= 15 is 0 Å². The number of hydrogen-bond donors (Lipinski definition) is 4. The second-order valence-electron chi connectivity index (χ2n) is 4.31. The van der Waals surface area contributed by atoms with Gasteiger partial charge in [0.15, 0.2) is 0 Å². The zero-order valence-corrected chi connectivity index (χ0v) is 9.85. The minimum absolute atomic E-state index is 0.266. The average molecular weight is 256 g/mol. The smallest absolute Gasteiger partial charge is 0.339 e. The lowest BCUT2D eigenvalue weighted by Crippen LogP contribution is -2.48. The minimum Gasteiger partial charge on any atom is -0.465 e. The summed E-state index contributed by atoms with van der Waals surface area (Å²) in [5, 5.41) is 28.9. The van der Waals surface area contributed by atoms with E-state index in [2.05, 4.69) is 4.74 Å². The van der Waals surface area contributed by atoms with Crippen molar-refractivity contribution in [2.75, 3.05) is 13.7 Å². The highest BCUT2D eigenvalue weighted by atomic mass is 16.5. The summed E-state index contributed by atoms with van der Waals surface area (Å²) in [7, 11) is 1.26. The Balaban J connectivity index is 2.48. The Labute approximate surface area is 103 Å². The van der Waals surface area contributed by atoms with E-state index in [0.717, 1.165) is 0 Å². The fourth-order valence-corrected chi connectivity index (χ4v) is 2.26. The van der Waals surface area contributed by atoms with Gasteiger partial charge in [-0.25, -0.2) is 4.79 Å². The van der Waals surface area contributed by atoms with Crippen LogP contribution in [0.25, 0.3) is 0 Å². The van der Waals surface area contributed by atoms with Crippen LogP contribution in [0.4, 0.5) is 0 Å². The Morgan fingerprint density at radius 2 is 2.17 bits per heavy atom. The molecule has 1 aliphatic rings. The summed E-state index contributed by atoms with van der Waals surface area (Å²) in [4.78, 5) is 11.4. The predicted molar refractivity (Wildman–Crippen MR) is 60.8 cm³/mol. The number of hydrogen-bond acceptors (Lipinski definition) is 6. The Hall–Kier alpha value is -1.41. The molecular weight excluding hydrogens is 240 g/mol. The van der Waals surface area contributed by atoms with Crippen molar-refractivity contribution in [3.05, 3.63) is 23.5 Å². The lowest BCUT2D eigenvalue weighted by Gasteiger charge is -2.37. The van der Waals surface area contributed by atoms with Crippen LogP contribution < -0.4 is 5.73 Å². The maximum absolute atomic E-state index is 11.4. The fourth-order valence-electron chi connectivity index (χ4n) is 2.26. The van der Waals surface area contributed by atoms with Gasteiger partial charge in [-0.1, -0.05) is 0 Å². The van der Waals surface area contributed by atoms with Gasteiger partial charge in [0.2, 0.25) is 0 Å². The van der Waals surface area contributed by atoms with Crippen molar-refractivity contribution in [1.82, 2.24) is 4.57 Å². The van der Waals surface area contributed by atoms with Crippen LogP contribution in [0, 0.1) is 0 Å². The SMILES string of the molecule is COC(=O)c1cc2n(c1)[C@H](CO)[C@@H](O)[C@H](O)[C@H]2N. The standard InChI is InChI=1S/C11H16N2O5/c1-18-11(17)5-2-6-8(12)10(16)9(15)7(4-14)13(6)3-5/h2-3,7-10,14-16H,4,12H2,1H3/t7-,8+,9-,10-/m1/s1. The number of rotatable bonds is 2. The van der Waals surface area contributed by atoms with Gasteiger partial charge in [-0.15, -0.1) is 0 Å². The third-order valence-electron chi connectivity index (χ3n) is 3.30. The van der Waals surface area contributed by atoms with Crippen molar-refractivity contribution < 1.29 is 24.9 Å². The van der Waals surface area contributed by atoms with E-state index in [1.807, 2.05) is 0 Å². The van der Waals surface area contributed by atoms with E-state index < -0.39 is 30.3 Å². The molecule has 0 saturated heterocycles. The van der Waals surface area contributed by atoms with Gasteiger partial charge < -0.3 is 30.4 Å². The summed E-state index contributed by atoms with van der Waals surface area (Å²) in [6.45, 7) is -0.368. The summed E-state index contributed by atoms with van der Waals surface area (Å²) < 4.78 is 6.10. The van der Waals surface area contributed by atoms with Crippen LogP contribution in [0.2, 0.25) is 0 Å². The van der Waals surface area contributed by atoms with Crippen molar-refractivity contribution in [2.45, 2.75) is 24.3 Å². The van der Waals surface area contributed by atoms with Gasteiger partial charge in [-0.3, -0.25) is 0 Å². The number of nitrogens with zero attached hydrogens (tertiary/aromatic N) is 1. The zero-order valence-electron chi connectivity index (χ0n) is 9.85. The molecule has 0 fully saturated rings. The molecule has 0 spiro atoms. The topological polar surface area (TPSA) is 118 Å². The molecule has 0 saturated carbocycles. The van der Waals surface area contributed by atoms with E-state index in [1.165, 1.54) is 23.9 Å². The Morgan fingerprint density at radius 1 is 1.50 bits per heavy atom. The van der Waals surface area contributed by atoms with E-state index in [-0.39, 0.29) is 12.2 Å². The van der Waals surface area contributed by atoms with Gasteiger partial charge in [-0.2, -0.15) is 0 Å². The number of carbonyl (C=O) groups is 1. The van der Waals surface area contributed by atoms with E-state index in [4.69, 9.17) is 5.73 Å². The van der Waals surface area contributed by atoms with Crippen LogP contribution in [-0.4, -0.2) is 51.8 Å². The molecule has 0 bridgehead atoms. The highest BCUT2D eigenvalue weighted by Gasteiger charge is 2.39. The lowest BCUT2D eigenvalue weighted by molar-refractivity contribution is -0.0553. The van der Waals surface area contributed by atoms with Crippen molar-refractivity contribution >= 4 is 5.97 Å². The van der Waals surface area contributed by atoms with Gasteiger partial charge in [0, 0.05) is 11.9 Å². The number of aliphatic hydroxyl groups excluding tert-OH is 3. The maximum Gasteiger partial charge on any atom is 0.339 e. The van der Waals surface area contributed by atoms with E-state index in [1.54, 1.807) is 0 Å². The maximum atomic E-state index is 11.4. The number of nitrogens with two attached hydrogens (primary N) is 1. The molecule has 0 aliphatic carbocycles. The lowest BCUT2D eigenvalue weighted by atomic mass is 9.93. The fraction of sp³-hybridized carbons (Fsp3) is 0.545. The molecule has 1 aliphatic heterocycles. The summed E-state index contributed by atoms with van der Waals surface area (Å²) in [5.74, 6) is -0.537. The van der Waals surface area contributed by atoms with Crippen LogP contribution in [0.3, 0.4) is 0 Å². The number of carbonyl (C=O) groups excluding carboxylic acids is 1. The quantitative estimate of drug-likeness (QED) is 0.480. The molecule has 0 unspecified atom stereocenters. The molecule has 0 aromatic carbocycles. The number of aliphatic hydroxyl groups is 3. The first-order chi connectivity index (χ1) is 8.51. The monoisotopic (exact) mass is 256 g/mol. The normalized spacial score (nSPS) is 30.9. The van der Waals surface area contributed by atoms with Crippen LogP contribution in [0.5, 0.6) is 0 Å². The Morgan fingerprint density at radius 3 is 2.72 bits per heavy atom. The summed E-state index contributed by atoms with van der Waals surface area (Å²) >= 11 is 0. The van der Waals surface area contributed by atoms with Gasteiger partial charge in [0.05, 0.1) is 31.4 Å². The molecule has 7 nitrogen and oxygen atoms in total. The number of esters is 1. The van der Waals surface area contributed by atoms with Gasteiger partial charge in [0.25, 0.3) is 0 Å². The second-order valence-corrected chi connectivity index (χ2v) is 4.31. The largest absolute Gasteiger partial charge is 0.465 e. The molecule has 1 aromatic heterocycles. The summed E-state index contributed by atoms with van der Waals surface area (Å²) in [6, 6.07) is -0.0525. The first kappa shape index (κ1) is 13.0. The van der Waals surface area contributed by atoms with Gasteiger partial charge in [0.1, 0.15) is 12.2 Å². The minimum atomic E-state index is -1.19. The summed E-state index contributed by atoms with van der Waals surface area (Å²) in [6.07, 6.45) is -0.915. The molecule has 7 heteroatoms. The van der Waals surface area contributed by atoms with Crippen LogP contribution in [-0.2, 0) is 4.74 Å². The van der Waals surface area contributed by atoms with E-state index in [0.29, 0.717) is 5.69 Å².